The van der Waals surface area contributed by atoms with Crippen LogP contribution in [0.1, 0.15) is 22.7 Å². The molecule has 1 nitrogen and oxygen atoms in total. The molecule has 2 aromatic rings. The fourth-order valence-electron chi connectivity index (χ4n) is 1.96. The molecule has 2 rings (SSSR count). The second-order valence-electron chi connectivity index (χ2n) is 4.57. The van der Waals surface area contributed by atoms with Gasteiger partial charge in [-0.3, -0.25) is 0 Å². The lowest BCUT2D eigenvalue weighted by molar-refractivity contribution is 0.580. The predicted octanol–water partition coefficient (Wildman–Crippen LogP) is 4.68. The van der Waals surface area contributed by atoms with E-state index in [9.17, 15) is 4.39 Å². The van der Waals surface area contributed by atoms with Crippen molar-refractivity contribution in [2.45, 2.75) is 19.4 Å². The summed E-state index contributed by atoms with van der Waals surface area (Å²) in [5.74, 6) is -0.347. The van der Waals surface area contributed by atoms with Crippen LogP contribution < -0.4 is 5.73 Å². The molecule has 0 saturated carbocycles. The molecule has 100 valence electrons. The van der Waals surface area contributed by atoms with Crippen LogP contribution in [0.3, 0.4) is 0 Å². The number of nitrogens with two attached hydrogens (primary N) is 1. The Morgan fingerprint density at radius 1 is 1.16 bits per heavy atom. The van der Waals surface area contributed by atoms with Crippen molar-refractivity contribution < 1.29 is 4.39 Å². The maximum absolute atomic E-state index is 13.7. The Hall–Kier alpha value is -1.09. The zero-order chi connectivity index (χ0) is 14.0. The quantitative estimate of drug-likeness (QED) is 0.874. The van der Waals surface area contributed by atoms with E-state index in [1.54, 1.807) is 6.07 Å². The summed E-state index contributed by atoms with van der Waals surface area (Å²) in [6.45, 7) is 1.96. The summed E-state index contributed by atoms with van der Waals surface area (Å²) in [7, 11) is 0. The van der Waals surface area contributed by atoms with Gasteiger partial charge in [0.15, 0.2) is 0 Å². The van der Waals surface area contributed by atoms with Crippen LogP contribution >= 0.6 is 23.2 Å². The van der Waals surface area contributed by atoms with Crippen LogP contribution in [-0.4, -0.2) is 0 Å². The highest BCUT2D eigenvalue weighted by molar-refractivity contribution is 6.31. The maximum Gasteiger partial charge on any atom is 0.128 e. The van der Waals surface area contributed by atoms with Crippen molar-refractivity contribution in [3.8, 4) is 0 Å². The van der Waals surface area contributed by atoms with E-state index in [2.05, 4.69) is 0 Å². The van der Waals surface area contributed by atoms with Crippen LogP contribution in [0, 0.1) is 12.7 Å². The van der Waals surface area contributed by atoms with Crippen LogP contribution in [0.5, 0.6) is 0 Å². The van der Waals surface area contributed by atoms with Crippen molar-refractivity contribution in [1.82, 2.24) is 0 Å². The Morgan fingerprint density at radius 3 is 2.58 bits per heavy atom. The Balaban J connectivity index is 2.25. The van der Waals surface area contributed by atoms with Gasteiger partial charge in [-0.15, -0.1) is 0 Å². The number of benzene rings is 2. The molecule has 0 amide bonds. The first-order valence-corrected chi connectivity index (χ1v) is 6.68. The fourth-order valence-corrected chi connectivity index (χ4v) is 2.46. The molecule has 0 radical (unpaired) electrons. The molecule has 1 atom stereocenters. The van der Waals surface area contributed by atoms with E-state index in [-0.39, 0.29) is 5.82 Å². The molecule has 4 heteroatoms. The summed E-state index contributed by atoms with van der Waals surface area (Å²) < 4.78 is 13.7. The summed E-state index contributed by atoms with van der Waals surface area (Å²) in [5.41, 5.74) is 8.43. The van der Waals surface area contributed by atoms with E-state index in [0.29, 0.717) is 22.0 Å². The molecule has 2 aromatic carbocycles. The highest BCUT2D eigenvalue weighted by atomic mass is 35.5. The maximum atomic E-state index is 13.7. The van der Waals surface area contributed by atoms with Gasteiger partial charge < -0.3 is 5.73 Å². The molecule has 0 aromatic heterocycles. The van der Waals surface area contributed by atoms with Crippen molar-refractivity contribution in [2.24, 2.45) is 5.73 Å². The molecule has 0 fully saturated rings. The van der Waals surface area contributed by atoms with Gasteiger partial charge in [-0.1, -0.05) is 35.3 Å². The number of hydrogen-bond donors (Lipinski definition) is 1. The normalized spacial score (nSPS) is 12.5. The van der Waals surface area contributed by atoms with Crippen molar-refractivity contribution >= 4 is 23.2 Å². The van der Waals surface area contributed by atoms with Gasteiger partial charge in [-0.2, -0.15) is 0 Å². The first-order valence-electron chi connectivity index (χ1n) is 5.93. The Bertz CT molecular complexity index is 599. The topological polar surface area (TPSA) is 26.0 Å². The average Bonchev–Trinajstić information content (AvgIpc) is 2.35. The zero-order valence-corrected chi connectivity index (χ0v) is 12.0. The average molecular weight is 298 g/mol. The second kappa shape index (κ2) is 5.91. The van der Waals surface area contributed by atoms with Gasteiger partial charge in [0.1, 0.15) is 5.82 Å². The van der Waals surface area contributed by atoms with Gasteiger partial charge in [0.05, 0.1) is 0 Å². The number of aryl methyl sites for hydroxylation is 1. The van der Waals surface area contributed by atoms with E-state index >= 15 is 0 Å². The highest BCUT2D eigenvalue weighted by Crippen LogP contribution is 2.26. The Morgan fingerprint density at radius 2 is 1.89 bits per heavy atom. The summed E-state index contributed by atoms with van der Waals surface area (Å²) in [6, 6.07) is 9.67. The molecule has 1 unspecified atom stereocenters. The van der Waals surface area contributed by atoms with Gasteiger partial charge >= 0.3 is 0 Å². The van der Waals surface area contributed by atoms with E-state index in [1.807, 2.05) is 25.1 Å². The predicted molar refractivity (Wildman–Crippen MR) is 78.2 cm³/mol. The first kappa shape index (κ1) is 14.3. The smallest absolute Gasteiger partial charge is 0.128 e. The van der Waals surface area contributed by atoms with Crippen LogP contribution in [0.4, 0.5) is 4.39 Å². The standard InChI is InChI=1S/C15H14Cl2FN/c1-9-2-3-10(13(17)6-9)7-15(19)12-8-11(16)4-5-14(12)18/h2-6,8,15H,7,19H2,1H3. The van der Waals surface area contributed by atoms with E-state index in [1.165, 1.54) is 12.1 Å². The summed E-state index contributed by atoms with van der Waals surface area (Å²) in [4.78, 5) is 0. The van der Waals surface area contributed by atoms with Crippen LogP contribution in [0.2, 0.25) is 10.0 Å². The molecule has 0 aliphatic carbocycles. The zero-order valence-electron chi connectivity index (χ0n) is 10.5. The van der Waals surface area contributed by atoms with E-state index in [0.717, 1.165) is 11.1 Å². The third-order valence-corrected chi connectivity index (χ3v) is 3.59. The van der Waals surface area contributed by atoms with Crippen LogP contribution in [-0.2, 0) is 6.42 Å². The van der Waals surface area contributed by atoms with Gasteiger partial charge in [0.25, 0.3) is 0 Å². The molecule has 0 heterocycles. The number of rotatable bonds is 3. The lowest BCUT2D eigenvalue weighted by atomic mass is 9.98. The third-order valence-electron chi connectivity index (χ3n) is 3.01. The monoisotopic (exact) mass is 297 g/mol. The molecule has 2 N–H and O–H groups in total. The van der Waals surface area contributed by atoms with Gasteiger partial charge in [-0.05, 0) is 48.7 Å². The SMILES string of the molecule is Cc1ccc(CC(N)c2cc(Cl)ccc2F)c(Cl)c1. The first-order chi connectivity index (χ1) is 8.97. The summed E-state index contributed by atoms with van der Waals surface area (Å²) >= 11 is 12.0. The van der Waals surface area contributed by atoms with Crippen LogP contribution in [0.15, 0.2) is 36.4 Å². The largest absolute Gasteiger partial charge is 0.324 e. The van der Waals surface area contributed by atoms with Crippen molar-refractivity contribution in [1.29, 1.82) is 0 Å². The molecule has 0 aliphatic rings. The molecular weight excluding hydrogens is 284 g/mol. The molecule has 0 saturated heterocycles. The molecular formula is C15H14Cl2FN. The Kier molecular flexibility index (Phi) is 4.46. The minimum absolute atomic E-state index is 0.347. The number of halogens is 3. The molecule has 0 aliphatic heterocycles. The molecule has 0 spiro atoms. The Labute approximate surface area is 122 Å². The minimum atomic E-state index is -0.473. The number of hydrogen-bond acceptors (Lipinski definition) is 1. The van der Waals surface area contributed by atoms with Gasteiger partial charge in [0.2, 0.25) is 0 Å². The summed E-state index contributed by atoms with van der Waals surface area (Å²) in [5, 5.41) is 1.12. The van der Waals surface area contributed by atoms with Gasteiger partial charge in [-0.25, -0.2) is 4.39 Å². The fraction of sp³-hybridized carbons (Fsp3) is 0.200. The van der Waals surface area contributed by atoms with Gasteiger partial charge in [0, 0.05) is 21.7 Å². The van der Waals surface area contributed by atoms with Crippen molar-refractivity contribution in [3.63, 3.8) is 0 Å². The highest BCUT2D eigenvalue weighted by Gasteiger charge is 2.14. The molecule has 0 bridgehead atoms. The lowest BCUT2D eigenvalue weighted by Crippen LogP contribution is -2.15. The molecule has 19 heavy (non-hydrogen) atoms. The summed E-state index contributed by atoms with van der Waals surface area (Å²) in [6.07, 6.45) is 0.469. The second-order valence-corrected chi connectivity index (χ2v) is 5.41. The van der Waals surface area contributed by atoms with Crippen molar-refractivity contribution in [3.05, 3.63) is 69.0 Å². The minimum Gasteiger partial charge on any atom is -0.324 e. The van der Waals surface area contributed by atoms with Crippen LogP contribution in [0.25, 0.3) is 0 Å². The lowest BCUT2D eigenvalue weighted by Gasteiger charge is -2.14. The van der Waals surface area contributed by atoms with E-state index < -0.39 is 6.04 Å². The third kappa shape index (κ3) is 3.47. The van der Waals surface area contributed by atoms with Crippen molar-refractivity contribution in [2.75, 3.05) is 0 Å². The van der Waals surface area contributed by atoms with E-state index in [4.69, 9.17) is 28.9 Å².